The fraction of sp³-hybridized carbons (Fsp3) is 0.733. The third-order valence-corrected chi connectivity index (χ3v) is 5.39. The highest BCUT2D eigenvalue weighted by Crippen LogP contribution is 2.67. The zero-order chi connectivity index (χ0) is 12.9. The van der Waals surface area contributed by atoms with Gasteiger partial charge in [-0.15, -0.1) is 0 Å². The summed E-state index contributed by atoms with van der Waals surface area (Å²) in [5.74, 6) is 0.00801. The predicted molar refractivity (Wildman–Crippen MR) is 68.9 cm³/mol. The zero-order valence-electron chi connectivity index (χ0n) is 11.8. The van der Waals surface area contributed by atoms with E-state index in [1.807, 2.05) is 6.92 Å². The van der Waals surface area contributed by atoms with Gasteiger partial charge in [-0.2, -0.15) is 0 Å². The first kappa shape index (κ1) is 13.5. The molecule has 0 aliphatic heterocycles. The van der Waals surface area contributed by atoms with Crippen LogP contribution in [0, 0.1) is 16.2 Å². The summed E-state index contributed by atoms with van der Waals surface area (Å²) in [5.41, 5.74) is 1.62. The molecule has 1 fully saturated rings. The Morgan fingerprint density at radius 2 is 1.50 bits per heavy atom. The van der Waals surface area contributed by atoms with Crippen molar-refractivity contribution in [2.45, 2.75) is 54.9 Å². The molecular formula is C15H25F. The Kier molecular flexibility index (Phi) is 2.90. The fourth-order valence-electron chi connectivity index (χ4n) is 2.84. The average Bonchev–Trinajstić information content (AvgIpc) is 2.23. The normalized spacial score (nSPS) is 29.4. The number of rotatable bonds is 1. The van der Waals surface area contributed by atoms with Gasteiger partial charge in [0.1, 0.15) is 5.83 Å². The first-order valence-corrected chi connectivity index (χ1v) is 6.10. The van der Waals surface area contributed by atoms with E-state index in [1.54, 1.807) is 0 Å². The summed E-state index contributed by atoms with van der Waals surface area (Å²) in [6.45, 7) is 19.1. The van der Waals surface area contributed by atoms with Crippen LogP contribution in [-0.2, 0) is 0 Å². The summed E-state index contributed by atoms with van der Waals surface area (Å²) >= 11 is 0. The second-order valence-electron chi connectivity index (χ2n) is 6.49. The molecule has 0 nitrogen and oxygen atoms in total. The van der Waals surface area contributed by atoms with Gasteiger partial charge in [0.15, 0.2) is 0 Å². The highest BCUT2D eigenvalue weighted by atomic mass is 19.1. The zero-order valence-corrected chi connectivity index (χ0v) is 11.8. The molecule has 0 aromatic carbocycles. The van der Waals surface area contributed by atoms with Gasteiger partial charge in [0.2, 0.25) is 0 Å². The molecule has 0 heterocycles. The molecule has 0 amide bonds. The second kappa shape index (κ2) is 3.45. The SMILES string of the molecule is C=C1/C(=C(/F)CC)C(C)(C)C(C)(C)C1(C)C. The van der Waals surface area contributed by atoms with Gasteiger partial charge in [0.25, 0.3) is 0 Å². The Bertz CT molecular complexity index is 354. The molecule has 92 valence electrons. The van der Waals surface area contributed by atoms with Gasteiger partial charge in [-0.3, -0.25) is 0 Å². The molecule has 1 rings (SSSR count). The van der Waals surface area contributed by atoms with Crippen molar-refractivity contribution in [2.75, 3.05) is 0 Å². The molecular weight excluding hydrogens is 199 g/mol. The number of hydrogen-bond acceptors (Lipinski definition) is 0. The Balaban J connectivity index is 3.55. The van der Waals surface area contributed by atoms with Crippen LogP contribution in [0.4, 0.5) is 4.39 Å². The van der Waals surface area contributed by atoms with E-state index >= 15 is 0 Å². The molecule has 0 spiro atoms. The van der Waals surface area contributed by atoms with E-state index in [9.17, 15) is 4.39 Å². The number of allylic oxidation sites excluding steroid dienone is 3. The van der Waals surface area contributed by atoms with Crippen LogP contribution in [0.15, 0.2) is 23.6 Å². The maximum Gasteiger partial charge on any atom is 0.104 e. The van der Waals surface area contributed by atoms with Crippen LogP contribution in [0.2, 0.25) is 0 Å². The van der Waals surface area contributed by atoms with Gasteiger partial charge in [0, 0.05) is 0 Å². The summed E-state index contributed by atoms with van der Waals surface area (Å²) in [6.07, 6.45) is 0.462. The number of halogens is 1. The van der Waals surface area contributed by atoms with Crippen LogP contribution < -0.4 is 0 Å². The largest absolute Gasteiger partial charge is 0.212 e. The van der Waals surface area contributed by atoms with Crippen molar-refractivity contribution in [1.82, 2.24) is 0 Å². The molecule has 0 bridgehead atoms. The summed E-state index contributed by atoms with van der Waals surface area (Å²) in [5, 5.41) is 0. The van der Waals surface area contributed by atoms with Gasteiger partial charge in [-0.1, -0.05) is 55.0 Å². The van der Waals surface area contributed by atoms with Crippen molar-refractivity contribution in [3.05, 3.63) is 23.6 Å². The van der Waals surface area contributed by atoms with E-state index < -0.39 is 0 Å². The maximum atomic E-state index is 14.1. The van der Waals surface area contributed by atoms with E-state index in [-0.39, 0.29) is 22.1 Å². The van der Waals surface area contributed by atoms with E-state index in [2.05, 4.69) is 48.1 Å². The maximum absolute atomic E-state index is 14.1. The molecule has 0 unspecified atom stereocenters. The first-order chi connectivity index (χ1) is 7.01. The highest BCUT2D eigenvalue weighted by Gasteiger charge is 2.59. The van der Waals surface area contributed by atoms with E-state index in [1.165, 1.54) is 0 Å². The highest BCUT2D eigenvalue weighted by molar-refractivity contribution is 5.49. The van der Waals surface area contributed by atoms with E-state index in [4.69, 9.17) is 0 Å². The standard InChI is InChI=1S/C15H25F/c1-9-11(16)12-10(2)13(3,4)15(7,8)14(12,5)6/h2,9H2,1,3-8H3/b12-11-. The van der Waals surface area contributed by atoms with Crippen LogP contribution in [0.1, 0.15) is 54.9 Å². The molecule has 0 aromatic heterocycles. The average molecular weight is 224 g/mol. The molecule has 1 saturated carbocycles. The van der Waals surface area contributed by atoms with Crippen molar-refractivity contribution in [3.63, 3.8) is 0 Å². The van der Waals surface area contributed by atoms with Crippen molar-refractivity contribution in [1.29, 1.82) is 0 Å². The van der Waals surface area contributed by atoms with Crippen LogP contribution in [-0.4, -0.2) is 0 Å². The molecule has 0 saturated heterocycles. The monoisotopic (exact) mass is 224 g/mol. The van der Waals surface area contributed by atoms with Crippen LogP contribution in [0.25, 0.3) is 0 Å². The molecule has 0 radical (unpaired) electrons. The molecule has 0 N–H and O–H groups in total. The molecule has 16 heavy (non-hydrogen) atoms. The van der Waals surface area contributed by atoms with E-state index in [0.29, 0.717) is 6.42 Å². The summed E-state index contributed by atoms with van der Waals surface area (Å²) in [6, 6.07) is 0. The smallest absolute Gasteiger partial charge is 0.104 e. The Hall–Kier alpha value is -0.590. The molecule has 1 heteroatoms. The summed E-state index contributed by atoms with van der Waals surface area (Å²) < 4.78 is 14.1. The van der Waals surface area contributed by atoms with Gasteiger partial charge in [0.05, 0.1) is 0 Å². The fourth-order valence-corrected chi connectivity index (χ4v) is 2.84. The Labute approximate surface area is 99.6 Å². The lowest BCUT2D eigenvalue weighted by Crippen LogP contribution is -2.37. The molecule has 0 aromatic rings. The topological polar surface area (TPSA) is 0 Å². The lowest BCUT2D eigenvalue weighted by Gasteiger charge is -2.43. The third-order valence-electron chi connectivity index (χ3n) is 5.39. The Morgan fingerprint density at radius 1 is 1.06 bits per heavy atom. The van der Waals surface area contributed by atoms with Crippen molar-refractivity contribution >= 4 is 0 Å². The minimum Gasteiger partial charge on any atom is -0.212 e. The van der Waals surface area contributed by atoms with Crippen LogP contribution in [0.5, 0.6) is 0 Å². The van der Waals surface area contributed by atoms with Crippen molar-refractivity contribution < 1.29 is 4.39 Å². The van der Waals surface area contributed by atoms with Crippen LogP contribution in [0.3, 0.4) is 0 Å². The quantitative estimate of drug-likeness (QED) is 0.569. The molecule has 0 atom stereocenters. The lowest BCUT2D eigenvalue weighted by molar-refractivity contribution is 0.0743. The predicted octanol–water partition coefficient (Wildman–Crippen LogP) is 5.27. The molecule has 1 aliphatic rings. The van der Waals surface area contributed by atoms with Crippen molar-refractivity contribution in [2.24, 2.45) is 16.2 Å². The van der Waals surface area contributed by atoms with Crippen LogP contribution >= 0.6 is 0 Å². The van der Waals surface area contributed by atoms with Crippen molar-refractivity contribution in [3.8, 4) is 0 Å². The van der Waals surface area contributed by atoms with Gasteiger partial charge in [-0.05, 0) is 33.8 Å². The lowest BCUT2D eigenvalue weighted by atomic mass is 9.60. The van der Waals surface area contributed by atoms with Gasteiger partial charge < -0.3 is 0 Å². The van der Waals surface area contributed by atoms with Gasteiger partial charge >= 0.3 is 0 Å². The third kappa shape index (κ3) is 1.33. The van der Waals surface area contributed by atoms with Gasteiger partial charge in [-0.25, -0.2) is 4.39 Å². The summed E-state index contributed by atoms with van der Waals surface area (Å²) in [4.78, 5) is 0. The summed E-state index contributed by atoms with van der Waals surface area (Å²) in [7, 11) is 0. The minimum atomic E-state index is -0.159. The molecule has 1 aliphatic carbocycles. The Morgan fingerprint density at radius 3 is 1.75 bits per heavy atom. The number of hydrogen-bond donors (Lipinski definition) is 0. The minimum absolute atomic E-state index is 0.00801. The van der Waals surface area contributed by atoms with E-state index in [0.717, 1.165) is 11.1 Å². The first-order valence-electron chi connectivity index (χ1n) is 6.10. The second-order valence-corrected chi connectivity index (χ2v) is 6.49.